The normalized spacial score (nSPS) is 29.4. The quantitative estimate of drug-likeness (QED) is 0.789. The minimum absolute atomic E-state index is 0.0523. The van der Waals surface area contributed by atoms with Gasteiger partial charge in [-0.05, 0) is 31.6 Å². The molecule has 2 fully saturated rings. The fourth-order valence-electron chi connectivity index (χ4n) is 3.12. The summed E-state index contributed by atoms with van der Waals surface area (Å²) in [6.07, 6.45) is 4.56. The SMILES string of the molecule is CS(=O)(=O)N1CCCC(C(=O)N2CCCC(CO)C2)C1. The highest BCUT2D eigenvalue weighted by molar-refractivity contribution is 7.88. The molecular weight excluding hydrogens is 280 g/mol. The third-order valence-electron chi connectivity index (χ3n) is 4.29. The predicted octanol–water partition coefficient (Wildman–Crippen LogP) is -0.111. The van der Waals surface area contributed by atoms with Gasteiger partial charge >= 0.3 is 0 Å². The van der Waals surface area contributed by atoms with Crippen molar-refractivity contribution in [2.45, 2.75) is 25.7 Å². The van der Waals surface area contributed by atoms with E-state index < -0.39 is 10.0 Å². The maximum absolute atomic E-state index is 12.5. The summed E-state index contributed by atoms with van der Waals surface area (Å²) in [5.41, 5.74) is 0. The summed E-state index contributed by atoms with van der Waals surface area (Å²) in [5.74, 6) is -0.00489. The Kier molecular flexibility index (Phi) is 5.04. The van der Waals surface area contributed by atoms with Crippen LogP contribution in [0, 0.1) is 11.8 Å². The van der Waals surface area contributed by atoms with E-state index in [1.165, 1.54) is 10.6 Å². The van der Waals surface area contributed by atoms with Gasteiger partial charge in [0.15, 0.2) is 0 Å². The lowest BCUT2D eigenvalue weighted by Crippen LogP contribution is -2.49. The molecule has 2 atom stereocenters. The van der Waals surface area contributed by atoms with Gasteiger partial charge in [0.05, 0.1) is 12.2 Å². The first-order valence-electron chi connectivity index (χ1n) is 7.26. The molecule has 0 saturated carbocycles. The Balaban J connectivity index is 1.98. The van der Waals surface area contributed by atoms with E-state index in [9.17, 15) is 18.3 Å². The second-order valence-electron chi connectivity index (χ2n) is 5.94. The van der Waals surface area contributed by atoms with E-state index in [1.807, 2.05) is 0 Å². The first-order chi connectivity index (χ1) is 9.41. The molecule has 0 aromatic carbocycles. The maximum atomic E-state index is 12.5. The van der Waals surface area contributed by atoms with E-state index in [0.29, 0.717) is 19.6 Å². The highest BCUT2D eigenvalue weighted by Crippen LogP contribution is 2.24. The fourth-order valence-corrected chi connectivity index (χ4v) is 4.03. The van der Waals surface area contributed by atoms with E-state index in [2.05, 4.69) is 0 Å². The van der Waals surface area contributed by atoms with Crippen LogP contribution in [0.5, 0.6) is 0 Å². The second-order valence-corrected chi connectivity index (χ2v) is 7.92. The van der Waals surface area contributed by atoms with Gasteiger partial charge < -0.3 is 10.0 Å². The van der Waals surface area contributed by atoms with Crippen LogP contribution in [0.15, 0.2) is 0 Å². The van der Waals surface area contributed by atoms with E-state index >= 15 is 0 Å². The third-order valence-corrected chi connectivity index (χ3v) is 5.56. The number of piperidine rings is 2. The molecule has 20 heavy (non-hydrogen) atoms. The standard InChI is InChI=1S/C13H24N2O4S/c1-20(18,19)15-7-3-5-12(9-15)13(17)14-6-2-4-11(8-14)10-16/h11-12,16H,2-10H2,1H3. The molecule has 0 radical (unpaired) electrons. The summed E-state index contributed by atoms with van der Waals surface area (Å²) in [5, 5.41) is 9.22. The van der Waals surface area contributed by atoms with Crippen molar-refractivity contribution in [2.75, 3.05) is 39.0 Å². The fraction of sp³-hybridized carbons (Fsp3) is 0.923. The van der Waals surface area contributed by atoms with Gasteiger partial charge in [-0.1, -0.05) is 0 Å². The average molecular weight is 304 g/mol. The molecule has 7 heteroatoms. The molecule has 2 saturated heterocycles. The Morgan fingerprint density at radius 3 is 2.55 bits per heavy atom. The lowest BCUT2D eigenvalue weighted by atomic mass is 9.94. The largest absolute Gasteiger partial charge is 0.396 e. The molecule has 0 spiro atoms. The second kappa shape index (κ2) is 6.41. The zero-order valence-corrected chi connectivity index (χ0v) is 12.8. The first-order valence-corrected chi connectivity index (χ1v) is 9.11. The monoisotopic (exact) mass is 304 g/mol. The van der Waals surface area contributed by atoms with Crippen LogP contribution in [0.25, 0.3) is 0 Å². The molecule has 2 aliphatic rings. The van der Waals surface area contributed by atoms with Crippen LogP contribution in [0.2, 0.25) is 0 Å². The Labute approximate surface area is 120 Å². The van der Waals surface area contributed by atoms with Crippen molar-refractivity contribution in [3.63, 3.8) is 0 Å². The van der Waals surface area contributed by atoms with Gasteiger partial charge in [-0.25, -0.2) is 12.7 Å². The number of aliphatic hydroxyl groups is 1. The zero-order valence-electron chi connectivity index (χ0n) is 12.0. The smallest absolute Gasteiger partial charge is 0.227 e. The molecule has 0 bridgehead atoms. The summed E-state index contributed by atoms with van der Waals surface area (Å²) in [7, 11) is -3.22. The molecule has 2 heterocycles. The highest BCUT2D eigenvalue weighted by atomic mass is 32.2. The number of rotatable bonds is 3. The van der Waals surface area contributed by atoms with Gasteiger partial charge in [0, 0.05) is 32.8 Å². The summed E-state index contributed by atoms with van der Waals surface area (Å²) in [6.45, 7) is 2.26. The molecule has 1 N–H and O–H groups in total. The van der Waals surface area contributed by atoms with E-state index in [-0.39, 0.29) is 24.3 Å². The van der Waals surface area contributed by atoms with Crippen LogP contribution in [0.1, 0.15) is 25.7 Å². The predicted molar refractivity (Wildman–Crippen MR) is 75.5 cm³/mol. The highest BCUT2D eigenvalue weighted by Gasteiger charge is 2.34. The van der Waals surface area contributed by atoms with Gasteiger partial charge in [-0.2, -0.15) is 0 Å². The Morgan fingerprint density at radius 1 is 1.20 bits per heavy atom. The number of sulfonamides is 1. The van der Waals surface area contributed by atoms with Crippen molar-refractivity contribution in [3.8, 4) is 0 Å². The van der Waals surface area contributed by atoms with Gasteiger partial charge in [0.25, 0.3) is 0 Å². The molecule has 116 valence electrons. The molecule has 0 aromatic rings. The minimum atomic E-state index is -3.22. The van der Waals surface area contributed by atoms with Crippen LogP contribution in [0.3, 0.4) is 0 Å². The van der Waals surface area contributed by atoms with Crippen molar-refractivity contribution in [1.82, 2.24) is 9.21 Å². The number of carbonyl (C=O) groups excluding carboxylic acids is 1. The van der Waals surface area contributed by atoms with Gasteiger partial charge in [-0.3, -0.25) is 4.79 Å². The number of carbonyl (C=O) groups is 1. The summed E-state index contributed by atoms with van der Waals surface area (Å²) >= 11 is 0. The maximum Gasteiger partial charge on any atom is 0.227 e. The average Bonchev–Trinajstić information content (AvgIpc) is 2.46. The number of hydrogen-bond donors (Lipinski definition) is 1. The molecule has 2 unspecified atom stereocenters. The van der Waals surface area contributed by atoms with Gasteiger partial charge in [-0.15, -0.1) is 0 Å². The third kappa shape index (κ3) is 3.71. The molecule has 2 aliphatic heterocycles. The Hall–Kier alpha value is -0.660. The molecule has 2 rings (SSSR count). The number of hydrogen-bond acceptors (Lipinski definition) is 4. The summed E-state index contributed by atoms with van der Waals surface area (Å²) in [6, 6.07) is 0. The first kappa shape index (κ1) is 15.7. The van der Waals surface area contributed by atoms with Crippen molar-refractivity contribution in [1.29, 1.82) is 0 Å². The van der Waals surface area contributed by atoms with Crippen LogP contribution in [-0.2, 0) is 14.8 Å². The van der Waals surface area contributed by atoms with Crippen molar-refractivity contribution >= 4 is 15.9 Å². The van der Waals surface area contributed by atoms with Gasteiger partial charge in [0.2, 0.25) is 15.9 Å². The number of aliphatic hydroxyl groups excluding tert-OH is 1. The number of likely N-dealkylation sites (tertiary alicyclic amines) is 1. The Bertz CT molecular complexity index is 451. The Morgan fingerprint density at radius 2 is 1.90 bits per heavy atom. The van der Waals surface area contributed by atoms with Crippen LogP contribution < -0.4 is 0 Å². The molecule has 0 aliphatic carbocycles. The van der Waals surface area contributed by atoms with Crippen LogP contribution in [0.4, 0.5) is 0 Å². The lowest BCUT2D eigenvalue weighted by Gasteiger charge is -2.37. The molecule has 6 nitrogen and oxygen atoms in total. The summed E-state index contributed by atoms with van der Waals surface area (Å²) in [4.78, 5) is 14.3. The van der Waals surface area contributed by atoms with Crippen molar-refractivity contribution in [3.05, 3.63) is 0 Å². The van der Waals surface area contributed by atoms with Crippen LogP contribution >= 0.6 is 0 Å². The van der Waals surface area contributed by atoms with E-state index in [4.69, 9.17) is 0 Å². The van der Waals surface area contributed by atoms with E-state index in [0.717, 1.165) is 32.2 Å². The van der Waals surface area contributed by atoms with Crippen LogP contribution in [-0.4, -0.2) is 67.7 Å². The number of nitrogens with zero attached hydrogens (tertiary/aromatic N) is 2. The zero-order chi connectivity index (χ0) is 14.8. The topological polar surface area (TPSA) is 77.9 Å². The number of amides is 1. The van der Waals surface area contributed by atoms with Gasteiger partial charge in [0.1, 0.15) is 0 Å². The van der Waals surface area contributed by atoms with E-state index in [1.54, 1.807) is 4.90 Å². The molecule has 1 amide bonds. The van der Waals surface area contributed by atoms with Crippen molar-refractivity contribution in [2.24, 2.45) is 11.8 Å². The lowest BCUT2D eigenvalue weighted by molar-refractivity contribution is -0.138. The summed E-state index contributed by atoms with van der Waals surface area (Å²) < 4.78 is 24.6. The molecule has 0 aromatic heterocycles. The molecular formula is C13H24N2O4S. The van der Waals surface area contributed by atoms with Crippen molar-refractivity contribution < 1.29 is 18.3 Å². The minimum Gasteiger partial charge on any atom is -0.396 e.